The molecule has 3 heterocycles. The van der Waals surface area contributed by atoms with Gasteiger partial charge in [0.1, 0.15) is 11.0 Å². The molecule has 0 radical (unpaired) electrons. The highest BCUT2D eigenvalue weighted by Gasteiger charge is 2.28. The molecule has 2 aliphatic rings. The molecular formula is C24H30ClN5O4S. The summed E-state index contributed by atoms with van der Waals surface area (Å²) in [6, 6.07) is 7.40. The van der Waals surface area contributed by atoms with Crippen LogP contribution in [0.4, 0.5) is 5.82 Å². The van der Waals surface area contributed by atoms with Crippen molar-refractivity contribution in [3.05, 3.63) is 35.0 Å². The number of amides is 2. The molecule has 2 amide bonds. The predicted molar refractivity (Wildman–Crippen MR) is 135 cm³/mol. The van der Waals surface area contributed by atoms with E-state index >= 15 is 0 Å². The average molecular weight is 520 g/mol. The van der Waals surface area contributed by atoms with Crippen LogP contribution < -0.4 is 19.7 Å². The van der Waals surface area contributed by atoms with Gasteiger partial charge < -0.3 is 24.6 Å². The lowest BCUT2D eigenvalue weighted by atomic mass is 10.1. The van der Waals surface area contributed by atoms with Crippen molar-refractivity contribution in [3.8, 4) is 11.5 Å². The molecule has 0 saturated carbocycles. The minimum absolute atomic E-state index is 0.0832. The SMILES string of the molecule is CCCCC(=O)N1CCN(c2cc(Cl)nc(SCC(=O)NCc3ccc4c(c3)OCO4)n2)CC1C. The van der Waals surface area contributed by atoms with Crippen LogP contribution in [0.25, 0.3) is 0 Å². The van der Waals surface area contributed by atoms with Crippen LogP contribution in [0, 0.1) is 0 Å². The van der Waals surface area contributed by atoms with Crippen LogP contribution in [-0.2, 0) is 16.1 Å². The number of benzene rings is 1. The number of nitrogens with zero attached hydrogens (tertiary/aromatic N) is 4. The fourth-order valence-electron chi connectivity index (χ4n) is 4.05. The molecule has 1 aromatic heterocycles. The highest BCUT2D eigenvalue weighted by molar-refractivity contribution is 7.99. The summed E-state index contributed by atoms with van der Waals surface area (Å²) in [5.74, 6) is 2.35. The molecule has 0 bridgehead atoms. The first-order valence-corrected chi connectivity index (χ1v) is 13.2. The van der Waals surface area contributed by atoms with Crippen molar-refractivity contribution in [2.75, 3.05) is 37.1 Å². The molecule has 0 spiro atoms. The van der Waals surface area contributed by atoms with Crippen LogP contribution in [0.5, 0.6) is 11.5 Å². The summed E-state index contributed by atoms with van der Waals surface area (Å²) in [6.07, 6.45) is 2.52. The molecule has 2 aliphatic heterocycles. The van der Waals surface area contributed by atoms with Crippen molar-refractivity contribution in [1.82, 2.24) is 20.2 Å². The Morgan fingerprint density at radius 3 is 2.83 bits per heavy atom. The highest BCUT2D eigenvalue weighted by Crippen LogP contribution is 2.32. The minimum Gasteiger partial charge on any atom is -0.454 e. The fraction of sp³-hybridized carbons (Fsp3) is 0.500. The Hall–Kier alpha value is -2.72. The van der Waals surface area contributed by atoms with Gasteiger partial charge in [-0.3, -0.25) is 9.59 Å². The van der Waals surface area contributed by atoms with Crippen molar-refractivity contribution in [3.63, 3.8) is 0 Å². The summed E-state index contributed by atoms with van der Waals surface area (Å²) in [7, 11) is 0. The molecule has 1 saturated heterocycles. The van der Waals surface area contributed by atoms with Gasteiger partial charge >= 0.3 is 0 Å². The molecule has 1 N–H and O–H groups in total. The summed E-state index contributed by atoms with van der Waals surface area (Å²) in [5.41, 5.74) is 0.926. The number of hydrogen-bond acceptors (Lipinski definition) is 8. The van der Waals surface area contributed by atoms with Gasteiger partial charge in [0.2, 0.25) is 18.6 Å². The van der Waals surface area contributed by atoms with Crippen LogP contribution >= 0.6 is 23.4 Å². The molecule has 9 nitrogen and oxygen atoms in total. The van der Waals surface area contributed by atoms with Gasteiger partial charge in [0.05, 0.1) is 5.75 Å². The fourth-order valence-corrected chi connectivity index (χ4v) is 4.96. The van der Waals surface area contributed by atoms with Crippen molar-refractivity contribution in [2.45, 2.75) is 50.9 Å². The number of nitrogens with one attached hydrogen (secondary N) is 1. The molecule has 0 aliphatic carbocycles. The van der Waals surface area contributed by atoms with Crippen molar-refractivity contribution in [1.29, 1.82) is 0 Å². The van der Waals surface area contributed by atoms with Gasteiger partial charge in [0, 0.05) is 44.7 Å². The smallest absolute Gasteiger partial charge is 0.231 e. The van der Waals surface area contributed by atoms with E-state index in [1.807, 2.05) is 23.1 Å². The standard InChI is InChI=1S/C24H30ClN5O4S/c1-3-4-5-23(32)30-9-8-29(13-16(30)2)21-11-20(25)27-24(28-21)35-14-22(31)26-12-17-6-7-18-19(10-17)34-15-33-18/h6-7,10-11,16H,3-5,8-9,12-15H2,1-2H3,(H,26,31). The maximum Gasteiger partial charge on any atom is 0.231 e. The number of fused-ring (bicyclic) bond motifs is 1. The Kier molecular flexibility index (Phi) is 8.56. The van der Waals surface area contributed by atoms with Crippen molar-refractivity contribution >= 4 is 41.0 Å². The quantitative estimate of drug-likeness (QED) is 0.305. The van der Waals surface area contributed by atoms with Crippen LogP contribution in [0.1, 0.15) is 38.7 Å². The van der Waals surface area contributed by atoms with Gasteiger partial charge in [-0.1, -0.05) is 42.8 Å². The number of aromatic nitrogens is 2. The summed E-state index contributed by atoms with van der Waals surface area (Å²) < 4.78 is 10.7. The largest absolute Gasteiger partial charge is 0.454 e. The van der Waals surface area contributed by atoms with Gasteiger partial charge in [-0.25, -0.2) is 9.97 Å². The number of hydrogen-bond donors (Lipinski definition) is 1. The number of halogens is 1. The average Bonchev–Trinajstić information content (AvgIpc) is 3.32. The molecule has 11 heteroatoms. The second-order valence-corrected chi connectivity index (χ2v) is 9.90. The number of unbranched alkanes of at least 4 members (excludes halogenated alkanes) is 1. The van der Waals surface area contributed by atoms with E-state index in [4.69, 9.17) is 21.1 Å². The number of thioether (sulfide) groups is 1. The Balaban J connectivity index is 1.29. The highest BCUT2D eigenvalue weighted by atomic mass is 35.5. The summed E-state index contributed by atoms with van der Waals surface area (Å²) in [4.78, 5) is 37.8. The van der Waals surface area contributed by atoms with Crippen LogP contribution in [0.3, 0.4) is 0 Å². The number of ether oxygens (including phenoxy) is 2. The summed E-state index contributed by atoms with van der Waals surface area (Å²) >= 11 is 7.50. The zero-order valence-corrected chi connectivity index (χ0v) is 21.5. The van der Waals surface area contributed by atoms with E-state index < -0.39 is 0 Å². The normalized spacial score (nSPS) is 16.9. The first-order valence-electron chi connectivity index (χ1n) is 11.8. The number of carbonyl (C=O) groups is 2. The van der Waals surface area contributed by atoms with E-state index in [1.54, 1.807) is 6.07 Å². The van der Waals surface area contributed by atoms with Crippen LogP contribution in [-0.4, -0.2) is 64.9 Å². The van der Waals surface area contributed by atoms with E-state index in [0.29, 0.717) is 60.2 Å². The summed E-state index contributed by atoms with van der Waals surface area (Å²) in [5, 5.41) is 3.67. The van der Waals surface area contributed by atoms with Gasteiger partial charge in [0.15, 0.2) is 16.7 Å². The maximum atomic E-state index is 12.5. The predicted octanol–water partition coefficient (Wildman–Crippen LogP) is 3.49. The molecule has 4 rings (SSSR count). The third-order valence-electron chi connectivity index (χ3n) is 5.94. The van der Waals surface area contributed by atoms with Crippen molar-refractivity contribution < 1.29 is 19.1 Å². The molecule has 188 valence electrons. The van der Waals surface area contributed by atoms with E-state index in [0.717, 1.165) is 18.4 Å². The molecule has 1 unspecified atom stereocenters. The topological polar surface area (TPSA) is 96.9 Å². The molecule has 2 aromatic rings. The lowest BCUT2D eigenvalue weighted by Gasteiger charge is -2.40. The van der Waals surface area contributed by atoms with E-state index in [9.17, 15) is 9.59 Å². The lowest BCUT2D eigenvalue weighted by molar-refractivity contribution is -0.133. The van der Waals surface area contributed by atoms with Crippen molar-refractivity contribution in [2.24, 2.45) is 0 Å². The van der Waals surface area contributed by atoms with E-state index in [-0.39, 0.29) is 30.4 Å². The number of anilines is 1. The third-order valence-corrected chi connectivity index (χ3v) is 6.98. The van der Waals surface area contributed by atoms with Gasteiger partial charge in [-0.05, 0) is 31.0 Å². The number of piperazine rings is 1. The van der Waals surface area contributed by atoms with Gasteiger partial charge in [-0.2, -0.15) is 0 Å². The molecule has 1 aromatic carbocycles. The Labute approximate surface area is 214 Å². The second-order valence-electron chi connectivity index (χ2n) is 8.57. The Morgan fingerprint density at radius 1 is 1.20 bits per heavy atom. The summed E-state index contributed by atoms with van der Waals surface area (Å²) in [6.45, 7) is 6.74. The third kappa shape index (κ3) is 6.70. The number of carbonyl (C=O) groups excluding carboxylic acids is 2. The number of rotatable bonds is 9. The van der Waals surface area contributed by atoms with Gasteiger partial charge in [0.25, 0.3) is 0 Å². The van der Waals surface area contributed by atoms with E-state index in [1.165, 1.54) is 11.8 Å². The van der Waals surface area contributed by atoms with Gasteiger partial charge in [-0.15, -0.1) is 0 Å². The second kappa shape index (κ2) is 11.8. The van der Waals surface area contributed by atoms with Crippen LogP contribution in [0.2, 0.25) is 5.15 Å². The Morgan fingerprint density at radius 2 is 2.03 bits per heavy atom. The van der Waals surface area contributed by atoms with E-state index in [2.05, 4.69) is 34.0 Å². The lowest BCUT2D eigenvalue weighted by Crippen LogP contribution is -2.54. The monoisotopic (exact) mass is 519 g/mol. The molecule has 1 atom stereocenters. The first kappa shape index (κ1) is 25.4. The first-order chi connectivity index (χ1) is 16.9. The maximum absolute atomic E-state index is 12.5. The van der Waals surface area contributed by atoms with Crippen LogP contribution in [0.15, 0.2) is 29.4 Å². The Bertz CT molecular complexity index is 1070. The zero-order chi connectivity index (χ0) is 24.8. The molecular weight excluding hydrogens is 490 g/mol. The molecule has 35 heavy (non-hydrogen) atoms. The molecule has 1 fully saturated rings. The minimum atomic E-state index is -0.134. The zero-order valence-electron chi connectivity index (χ0n) is 20.0.